The van der Waals surface area contributed by atoms with Crippen LogP contribution in [-0.4, -0.2) is 31.8 Å². The molecule has 2 bridgehead atoms. The molecule has 1 N–H and O–H groups in total. The van der Waals surface area contributed by atoms with Gasteiger partial charge in [-0.2, -0.15) is 0 Å². The highest BCUT2D eigenvalue weighted by Crippen LogP contribution is 2.52. The molecule has 160 valence electrons. The van der Waals surface area contributed by atoms with Crippen LogP contribution in [0.1, 0.15) is 56.0 Å². The van der Waals surface area contributed by atoms with Crippen molar-refractivity contribution < 1.29 is 13.2 Å². The number of likely N-dealkylation sites (tertiary alicyclic amines) is 1. The Bertz CT molecular complexity index is 1030. The first-order valence-electron chi connectivity index (χ1n) is 10.5. The number of carbonyl (C=O) groups excluding carboxylic acids is 1. The smallest absolute Gasteiger partial charge is 0.254 e. The van der Waals surface area contributed by atoms with E-state index in [9.17, 15) is 13.2 Å². The summed E-state index contributed by atoms with van der Waals surface area (Å²) in [4.78, 5) is 15.5. The van der Waals surface area contributed by atoms with Crippen molar-refractivity contribution in [2.75, 3.05) is 6.54 Å². The number of sulfonamides is 1. The third kappa shape index (κ3) is 4.30. The number of nitrogens with one attached hydrogen (secondary N) is 1. The number of hydrogen-bond acceptors (Lipinski definition) is 3. The molecule has 2 fully saturated rings. The molecule has 30 heavy (non-hydrogen) atoms. The van der Waals surface area contributed by atoms with Gasteiger partial charge in [-0.1, -0.05) is 51.1 Å². The summed E-state index contributed by atoms with van der Waals surface area (Å²) in [5.41, 5.74) is 1.96. The molecule has 2 atom stereocenters. The van der Waals surface area contributed by atoms with Gasteiger partial charge in [-0.3, -0.25) is 4.79 Å². The lowest BCUT2D eigenvalue weighted by atomic mass is 9.65. The minimum atomic E-state index is -3.55. The van der Waals surface area contributed by atoms with Crippen LogP contribution in [0, 0.1) is 10.8 Å². The van der Waals surface area contributed by atoms with Crippen LogP contribution in [0.2, 0.25) is 0 Å². The summed E-state index contributed by atoms with van der Waals surface area (Å²) < 4.78 is 27.4. The molecule has 0 aromatic heterocycles. The van der Waals surface area contributed by atoms with Gasteiger partial charge in [-0.15, -0.1) is 0 Å². The number of carbonyl (C=O) groups is 1. The van der Waals surface area contributed by atoms with E-state index in [0.717, 1.165) is 31.4 Å². The summed E-state index contributed by atoms with van der Waals surface area (Å²) >= 11 is 0. The lowest BCUT2D eigenvalue weighted by Gasteiger charge is -2.39. The van der Waals surface area contributed by atoms with Gasteiger partial charge in [0.15, 0.2) is 0 Å². The maximum absolute atomic E-state index is 13.2. The van der Waals surface area contributed by atoms with Gasteiger partial charge in [0.2, 0.25) is 10.0 Å². The maximum Gasteiger partial charge on any atom is 0.254 e. The fraction of sp³-hybridized carbons (Fsp3) is 0.458. The predicted octanol–water partition coefficient (Wildman–Crippen LogP) is 4.21. The summed E-state index contributed by atoms with van der Waals surface area (Å²) in [5.74, 6) is 0.0813. The minimum absolute atomic E-state index is 0.0813. The fourth-order valence-corrected chi connectivity index (χ4v) is 6.53. The first kappa shape index (κ1) is 21.1. The molecule has 6 heteroatoms. The largest absolute Gasteiger partial charge is 0.335 e. The molecule has 1 heterocycles. The average Bonchev–Trinajstić information content (AvgIpc) is 2.95. The van der Waals surface area contributed by atoms with Gasteiger partial charge in [0, 0.05) is 24.7 Å². The summed E-state index contributed by atoms with van der Waals surface area (Å²) in [5, 5.41) is 0. The molecule has 0 radical (unpaired) electrons. The standard InChI is InChI=1S/C24H30N2O3S/c1-23(2)13-20-14-24(3,16-23)17-26(20)22(27)19-11-9-18(10-12-19)15-25-30(28,29)21-7-5-4-6-8-21/h4-12,20,25H,13-17H2,1-3H3. The lowest BCUT2D eigenvalue weighted by molar-refractivity contribution is 0.0708. The van der Waals surface area contributed by atoms with E-state index in [1.54, 1.807) is 30.3 Å². The monoisotopic (exact) mass is 426 g/mol. The molecule has 2 aromatic carbocycles. The molecule has 2 aromatic rings. The van der Waals surface area contributed by atoms with E-state index in [2.05, 4.69) is 30.4 Å². The predicted molar refractivity (Wildman–Crippen MR) is 117 cm³/mol. The van der Waals surface area contributed by atoms with Crippen molar-refractivity contribution in [2.45, 2.75) is 57.5 Å². The van der Waals surface area contributed by atoms with Gasteiger partial charge in [0.1, 0.15) is 0 Å². The van der Waals surface area contributed by atoms with Crippen LogP contribution in [0.15, 0.2) is 59.5 Å². The molecule has 2 unspecified atom stereocenters. The average molecular weight is 427 g/mol. The molecule has 1 amide bonds. The molecule has 1 aliphatic heterocycles. The second kappa shape index (κ2) is 7.50. The quantitative estimate of drug-likeness (QED) is 0.779. The van der Waals surface area contributed by atoms with Crippen molar-refractivity contribution in [2.24, 2.45) is 10.8 Å². The molecular formula is C24H30N2O3S. The van der Waals surface area contributed by atoms with Gasteiger partial charge in [0.25, 0.3) is 5.91 Å². The Kier molecular flexibility index (Phi) is 5.27. The van der Waals surface area contributed by atoms with E-state index in [1.165, 1.54) is 0 Å². The molecule has 5 nitrogen and oxygen atoms in total. The number of fused-ring (bicyclic) bond motifs is 2. The SMILES string of the molecule is CC1(C)CC2CC(C)(CN2C(=O)c2ccc(CNS(=O)(=O)c3ccccc3)cc2)C1. The third-order valence-corrected chi connectivity index (χ3v) is 7.81. The third-order valence-electron chi connectivity index (χ3n) is 6.40. The van der Waals surface area contributed by atoms with Crippen LogP contribution >= 0.6 is 0 Å². The number of amides is 1. The van der Waals surface area contributed by atoms with Crippen LogP contribution < -0.4 is 4.72 Å². The van der Waals surface area contributed by atoms with Gasteiger partial charge < -0.3 is 4.90 Å². The van der Waals surface area contributed by atoms with Crippen molar-refractivity contribution in [1.29, 1.82) is 0 Å². The Hall–Kier alpha value is -2.18. The highest BCUT2D eigenvalue weighted by molar-refractivity contribution is 7.89. The van der Waals surface area contributed by atoms with Gasteiger partial charge in [0.05, 0.1) is 4.90 Å². The highest BCUT2D eigenvalue weighted by atomic mass is 32.2. The Morgan fingerprint density at radius 1 is 1.03 bits per heavy atom. The number of hydrogen-bond donors (Lipinski definition) is 1. The summed E-state index contributed by atoms with van der Waals surface area (Å²) in [6.45, 7) is 7.91. The summed E-state index contributed by atoms with van der Waals surface area (Å²) in [6.07, 6.45) is 3.29. The molecule has 4 rings (SSSR count). The zero-order valence-corrected chi connectivity index (χ0v) is 18.7. The lowest BCUT2D eigenvalue weighted by Crippen LogP contribution is -2.37. The van der Waals surface area contributed by atoms with E-state index < -0.39 is 10.0 Å². The topological polar surface area (TPSA) is 66.5 Å². The Balaban J connectivity index is 1.42. The molecular weight excluding hydrogens is 396 g/mol. The van der Waals surface area contributed by atoms with Crippen LogP contribution in [0.4, 0.5) is 0 Å². The van der Waals surface area contributed by atoms with Crippen LogP contribution in [0.5, 0.6) is 0 Å². The van der Waals surface area contributed by atoms with E-state index in [1.807, 2.05) is 24.3 Å². The molecule has 1 aliphatic carbocycles. The number of nitrogens with zero attached hydrogens (tertiary/aromatic N) is 1. The van der Waals surface area contributed by atoms with Crippen LogP contribution in [0.3, 0.4) is 0 Å². The van der Waals surface area contributed by atoms with E-state index in [4.69, 9.17) is 0 Å². The molecule has 2 aliphatic rings. The van der Waals surface area contributed by atoms with Gasteiger partial charge in [-0.25, -0.2) is 13.1 Å². The molecule has 1 saturated heterocycles. The normalized spacial score (nSPS) is 25.3. The second-order valence-corrected chi connectivity index (χ2v) is 11.7. The first-order chi connectivity index (χ1) is 14.1. The van der Waals surface area contributed by atoms with Crippen molar-refractivity contribution in [3.63, 3.8) is 0 Å². The Morgan fingerprint density at radius 2 is 1.70 bits per heavy atom. The Morgan fingerprint density at radius 3 is 2.37 bits per heavy atom. The summed E-state index contributed by atoms with van der Waals surface area (Å²) in [7, 11) is -3.55. The molecule has 0 spiro atoms. The van der Waals surface area contributed by atoms with Crippen molar-refractivity contribution in [3.8, 4) is 0 Å². The number of rotatable bonds is 5. The zero-order chi connectivity index (χ0) is 21.6. The number of benzene rings is 2. The van der Waals surface area contributed by atoms with E-state index >= 15 is 0 Å². The highest BCUT2D eigenvalue weighted by Gasteiger charge is 2.50. The maximum atomic E-state index is 13.2. The van der Waals surface area contributed by atoms with Gasteiger partial charge >= 0.3 is 0 Å². The van der Waals surface area contributed by atoms with Crippen LogP contribution in [0.25, 0.3) is 0 Å². The van der Waals surface area contributed by atoms with Crippen molar-refractivity contribution in [3.05, 3.63) is 65.7 Å². The van der Waals surface area contributed by atoms with Crippen molar-refractivity contribution >= 4 is 15.9 Å². The molecule has 1 saturated carbocycles. The first-order valence-corrected chi connectivity index (χ1v) is 12.0. The summed E-state index contributed by atoms with van der Waals surface area (Å²) in [6, 6.07) is 15.9. The fourth-order valence-electron chi connectivity index (χ4n) is 5.49. The van der Waals surface area contributed by atoms with E-state index in [0.29, 0.717) is 11.6 Å². The van der Waals surface area contributed by atoms with Crippen LogP contribution in [-0.2, 0) is 16.6 Å². The van der Waals surface area contributed by atoms with Gasteiger partial charge in [-0.05, 0) is 59.9 Å². The second-order valence-electron chi connectivity index (χ2n) is 9.98. The Labute approximate surface area is 179 Å². The van der Waals surface area contributed by atoms with E-state index in [-0.39, 0.29) is 28.2 Å². The van der Waals surface area contributed by atoms with Crippen molar-refractivity contribution in [1.82, 2.24) is 9.62 Å². The minimum Gasteiger partial charge on any atom is -0.335 e. The zero-order valence-electron chi connectivity index (χ0n) is 17.9.